The summed E-state index contributed by atoms with van der Waals surface area (Å²) in [5.41, 5.74) is 4.26. The lowest BCUT2D eigenvalue weighted by molar-refractivity contribution is 0.0951. The molecule has 0 aliphatic heterocycles. The van der Waals surface area contributed by atoms with Crippen LogP contribution in [-0.4, -0.2) is 48.3 Å². The highest BCUT2D eigenvalue weighted by atomic mass is 16.5. The predicted molar refractivity (Wildman–Crippen MR) is 132 cm³/mol. The number of carbonyl (C=O) groups is 1. The van der Waals surface area contributed by atoms with Crippen LogP contribution in [0, 0.1) is 6.92 Å². The molecule has 4 rings (SSSR count). The van der Waals surface area contributed by atoms with Crippen LogP contribution in [0.15, 0.2) is 77.2 Å². The fourth-order valence-electron chi connectivity index (χ4n) is 3.40. The number of nitrogens with zero attached hydrogens (tertiary/aromatic N) is 3. The van der Waals surface area contributed by atoms with Crippen LogP contribution in [0.2, 0.25) is 0 Å². The molecule has 0 fully saturated rings. The molecule has 0 saturated heterocycles. The van der Waals surface area contributed by atoms with Gasteiger partial charge >= 0.3 is 0 Å². The van der Waals surface area contributed by atoms with E-state index in [9.17, 15) is 4.79 Å². The number of nitrogens with one attached hydrogen (secondary N) is 1. The minimum Gasteiger partial charge on any atom is -0.492 e. The summed E-state index contributed by atoms with van der Waals surface area (Å²) in [5.74, 6) is 1.53. The highest BCUT2D eigenvalue weighted by Gasteiger charge is 2.13. The van der Waals surface area contributed by atoms with Gasteiger partial charge in [-0.1, -0.05) is 30.3 Å². The van der Waals surface area contributed by atoms with Gasteiger partial charge in [0.15, 0.2) is 0 Å². The molecule has 0 atom stereocenters. The smallest absolute Gasteiger partial charge is 0.251 e. The van der Waals surface area contributed by atoms with Crippen molar-refractivity contribution in [3.8, 4) is 28.7 Å². The first-order valence-electron chi connectivity index (χ1n) is 11.1. The number of hydrogen-bond donors (Lipinski definition) is 1. The van der Waals surface area contributed by atoms with Gasteiger partial charge in [0.05, 0.1) is 0 Å². The van der Waals surface area contributed by atoms with Crippen molar-refractivity contribution in [2.45, 2.75) is 13.5 Å². The maximum absolute atomic E-state index is 12.6. The Hall–Kier alpha value is -3.97. The largest absolute Gasteiger partial charge is 0.492 e. The van der Waals surface area contributed by atoms with Crippen LogP contribution in [-0.2, 0) is 6.54 Å². The average molecular weight is 457 g/mol. The van der Waals surface area contributed by atoms with Crippen LogP contribution in [0.4, 0.5) is 0 Å². The van der Waals surface area contributed by atoms with Crippen molar-refractivity contribution in [1.82, 2.24) is 20.4 Å². The van der Waals surface area contributed by atoms with Crippen molar-refractivity contribution in [3.05, 3.63) is 89.5 Å². The summed E-state index contributed by atoms with van der Waals surface area (Å²) < 4.78 is 11.6. The van der Waals surface area contributed by atoms with Crippen LogP contribution in [0.5, 0.6) is 5.75 Å². The normalized spacial score (nSPS) is 10.9. The van der Waals surface area contributed by atoms with E-state index in [-0.39, 0.29) is 5.91 Å². The van der Waals surface area contributed by atoms with Crippen molar-refractivity contribution in [3.63, 3.8) is 0 Å². The third kappa shape index (κ3) is 5.88. The molecule has 0 aliphatic rings. The number of aryl methyl sites for hydroxylation is 1. The molecule has 1 aromatic heterocycles. The maximum atomic E-state index is 12.6. The zero-order valence-electron chi connectivity index (χ0n) is 19.6. The molecule has 3 aromatic carbocycles. The summed E-state index contributed by atoms with van der Waals surface area (Å²) in [7, 11) is 4.01. The number of carbonyl (C=O) groups excluding carboxylic acids is 1. The molecule has 1 amide bonds. The molecule has 4 aromatic rings. The summed E-state index contributed by atoms with van der Waals surface area (Å²) in [6.45, 7) is 3.87. The van der Waals surface area contributed by atoms with Crippen LogP contribution >= 0.6 is 0 Å². The summed E-state index contributed by atoms with van der Waals surface area (Å²) in [4.78, 5) is 14.7. The standard InChI is InChI=1S/C27H28N4O3/c1-19-7-4-5-10-24(19)27-30-29-26(34-27)22-13-11-21(12-14-22)25(32)28-18-20-8-6-9-23(17-20)33-16-15-31(2)3/h4-14,17H,15-16,18H2,1-3H3,(H,28,32). The molecule has 0 unspecified atom stereocenters. The monoisotopic (exact) mass is 456 g/mol. The van der Waals surface area contributed by atoms with Crippen LogP contribution < -0.4 is 10.1 Å². The first-order valence-corrected chi connectivity index (χ1v) is 11.1. The van der Waals surface area contributed by atoms with Crippen LogP contribution in [0.25, 0.3) is 22.9 Å². The SMILES string of the molecule is Cc1ccccc1-c1nnc(-c2ccc(C(=O)NCc3cccc(OCCN(C)C)c3)cc2)o1. The fourth-order valence-corrected chi connectivity index (χ4v) is 3.40. The molecular formula is C27H28N4O3. The molecule has 174 valence electrons. The lowest BCUT2D eigenvalue weighted by Gasteiger charge is -2.12. The van der Waals surface area contributed by atoms with E-state index in [1.807, 2.05) is 81.7 Å². The van der Waals surface area contributed by atoms with E-state index >= 15 is 0 Å². The van der Waals surface area contributed by atoms with Gasteiger partial charge in [0.2, 0.25) is 11.8 Å². The highest BCUT2D eigenvalue weighted by Crippen LogP contribution is 2.26. The number of likely N-dealkylation sites (N-methyl/N-ethyl adjacent to an activating group) is 1. The summed E-state index contributed by atoms with van der Waals surface area (Å²) >= 11 is 0. The van der Waals surface area contributed by atoms with Crippen molar-refractivity contribution < 1.29 is 13.9 Å². The minimum absolute atomic E-state index is 0.156. The Labute approximate surface area is 199 Å². The second-order valence-electron chi connectivity index (χ2n) is 8.29. The van der Waals surface area contributed by atoms with Gasteiger partial charge in [-0.25, -0.2) is 0 Å². The van der Waals surface area contributed by atoms with Gasteiger partial charge in [0.25, 0.3) is 5.91 Å². The van der Waals surface area contributed by atoms with E-state index in [1.54, 1.807) is 12.1 Å². The van der Waals surface area contributed by atoms with Crippen molar-refractivity contribution in [2.24, 2.45) is 0 Å². The van der Waals surface area contributed by atoms with Crippen molar-refractivity contribution in [2.75, 3.05) is 27.2 Å². The van der Waals surface area contributed by atoms with Crippen LogP contribution in [0.3, 0.4) is 0 Å². The number of rotatable bonds is 9. The Morgan fingerprint density at radius 1 is 0.971 bits per heavy atom. The molecule has 7 nitrogen and oxygen atoms in total. The third-order valence-corrected chi connectivity index (χ3v) is 5.35. The molecule has 0 aliphatic carbocycles. The zero-order chi connectivity index (χ0) is 23.9. The molecule has 0 bridgehead atoms. The molecule has 1 heterocycles. The lowest BCUT2D eigenvalue weighted by atomic mass is 10.1. The Balaban J connectivity index is 1.36. The summed E-state index contributed by atoms with van der Waals surface area (Å²) in [6.07, 6.45) is 0. The Morgan fingerprint density at radius 2 is 1.74 bits per heavy atom. The van der Waals surface area contributed by atoms with Crippen molar-refractivity contribution in [1.29, 1.82) is 0 Å². The molecule has 0 spiro atoms. The third-order valence-electron chi connectivity index (χ3n) is 5.35. The Bertz CT molecular complexity index is 1250. The summed E-state index contributed by atoms with van der Waals surface area (Å²) in [6, 6.07) is 22.7. The number of hydrogen-bond acceptors (Lipinski definition) is 6. The van der Waals surface area contributed by atoms with E-state index in [0.717, 1.165) is 34.5 Å². The van der Waals surface area contributed by atoms with E-state index in [1.165, 1.54) is 0 Å². The number of benzene rings is 3. The quantitative estimate of drug-likeness (QED) is 0.397. The van der Waals surface area contributed by atoms with E-state index in [0.29, 0.717) is 30.5 Å². The lowest BCUT2D eigenvalue weighted by Crippen LogP contribution is -2.22. The molecule has 7 heteroatoms. The fraction of sp³-hybridized carbons (Fsp3) is 0.222. The Kier molecular flexibility index (Phi) is 7.34. The highest BCUT2D eigenvalue weighted by molar-refractivity contribution is 5.94. The molecule has 0 radical (unpaired) electrons. The second kappa shape index (κ2) is 10.8. The second-order valence-corrected chi connectivity index (χ2v) is 8.29. The number of ether oxygens (including phenoxy) is 1. The number of amides is 1. The van der Waals surface area contributed by atoms with E-state index < -0.39 is 0 Å². The van der Waals surface area contributed by atoms with Gasteiger partial charge in [-0.05, 0) is 74.6 Å². The topological polar surface area (TPSA) is 80.5 Å². The van der Waals surface area contributed by atoms with Crippen LogP contribution in [0.1, 0.15) is 21.5 Å². The zero-order valence-corrected chi connectivity index (χ0v) is 19.6. The predicted octanol–water partition coefficient (Wildman–Crippen LogP) is 4.58. The number of aromatic nitrogens is 2. The van der Waals surface area contributed by atoms with Gasteiger partial charge in [0.1, 0.15) is 12.4 Å². The first kappa shape index (κ1) is 23.2. The molecule has 0 saturated carbocycles. The molecule has 1 N–H and O–H groups in total. The van der Waals surface area contributed by atoms with Gasteiger partial charge in [-0.3, -0.25) is 4.79 Å². The first-order chi connectivity index (χ1) is 16.5. The van der Waals surface area contributed by atoms with Gasteiger partial charge in [-0.2, -0.15) is 0 Å². The van der Waals surface area contributed by atoms with Gasteiger partial charge in [0, 0.05) is 29.8 Å². The van der Waals surface area contributed by atoms with Gasteiger partial charge < -0.3 is 19.4 Å². The van der Waals surface area contributed by atoms with E-state index in [2.05, 4.69) is 20.4 Å². The van der Waals surface area contributed by atoms with Gasteiger partial charge in [-0.15, -0.1) is 10.2 Å². The summed E-state index contributed by atoms with van der Waals surface area (Å²) in [5, 5.41) is 11.3. The maximum Gasteiger partial charge on any atom is 0.251 e. The van der Waals surface area contributed by atoms with Crippen molar-refractivity contribution >= 4 is 5.91 Å². The molecular weight excluding hydrogens is 428 g/mol. The average Bonchev–Trinajstić information content (AvgIpc) is 3.33. The van der Waals surface area contributed by atoms with E-state index in [4.69, 9.17) is 9.15 Å². The molecule has 34 heavy (non-hydrogen) atoms. The minimum atomic E-state index is -0.156. The Morgan fingerprint density at radius 3 is 2.50 bits per heavy atom.